The van der Waals surface area contributed by atoms with Crippen molar-refractivity contribution >= 4 is 27.9 Å². The maximum atomic E-state index is 14.0. The van der Waals surface area contributed by atoms with E-state index in [9.17, 15) is 27.2 Å². The highest BCUT2D eigenvalue weighted by Gasteiger charge is 2.25. The number of sulfonamides is 1. The number of amides is 3. The molecule has 0 saturated carbocycles. The first-order valence-corrected chi connectivity index (χ1v) is 10.3. The Kier molecular flexibility index (Phi) is 8.27. The Bertz CT molecular complexity index is 876. The minimum Gasteiger partial charge on any atom is -0.452 e. The average Bonchev–Trinajstić information content (AvgIpc) is 2.58. The molecule has 0 atom stereocenters. The number of imide groups is 1. The Balaban J connectivity index is 2.88. The highest BCUT2D eigenvalue weighted by Crippen LogP contribution is 2.20. The van der Waals surface area contributed by atoms with E-state index in [0.29, 0.717) is 0 Å². The van der Waals surface area contributed by atoms with Crippen molar-refractivity contribution < 1.29 is 31.9 Å². The fraction of sp³-hybridized carbons (Fsp3) is 0.500. The van der Waals surface area contributed by atoms with Gasteiger partial charge < -0.3 is 10.1 Å². The van der Waals surface area contributed by atoms with E-state index < -0.39 is 51.5 Å². The van der Waals surface area contributed by atoms with Crippen LogP contribution in [0.5, 0.6) is 0 Å². The molecule has 0 aliphatic rings. The van der Waals surface area contributed by atoms with Gasteiger partial charge in [-0.25, -0.2) is 22.4 Å². The van der Waals surface area contributed by atoms with E-state index in [4.69, 9.17) is 4.74 Å². The van der Waals surface area contributed by atoms with Crippen LogP contribution in [-0.2, 0) is 19.6 Å². The normalized spacial score (nSPS) is 11.8. The number of rotatable bonds is 7. The van der Waals surface area contributed by atoms with Crippen LogP contribution in [0.2, 0.25) is 0 Å². The first-order chi connectivity index (χ1) is 13.3. The van der Waals surface area contributed by atoms with Gasteiger partial charge in [0, 0.05) is 18.6 Å². The van der Waals surface area contributed by atoms with Crippen molar-refractivity contribution in [1.82, 2.24) is 14.9 Å². The molecule has 0 aliphatic carbocycles. The van der Waals surface area contributed by atoms with Crippen LogP contribution in [0, 0.1) is 5.82 Å². The molecule has 0 aromatic heterocycles. The predicted octanol–water partition coefficient (Wildman–Crippen LogP) is 1.64. The van der Waals surface area contributed by atoms with E-state index in [1.807, 2.05) is 5.32 Å². The zero-order chi connectivity index (χ0) is 22.4. The monoisotopic (exact) mass is 431 g/mol. The molecule has 2 N–H and O–H groups in total. The highest BCUT2D eigenvalue weighted by atomic mass is 32.2. The summed E-state index contributed by atoms with van der Waals surface area (Å²) in [7, 11) is -3.91. The molecule has 162 valence electrons. The van der Waals surface area contributed by atoms with Gasteiger partial charge in [0.05, 0.1) is 10.5 Å². The van der Waals surface area contributed by atoms with Gasteiger partial charge in [0.15, 0.2) is 6.61 Å². The molecular formula is C18H26FN3O6S. The van der Waals surface area contributed by atoms with Crippen molar-refractivity contribution in [3.05, 3.63) is 29.6 Å². The minimum absolute atomic E-state index is 0.201. The average molecular weight is 431 g/mol. The van der Waals surface area contributed by atoms with Gasteiger partial charge in [0.2, 0.25) is 10.0 Å². The first kappa shape index (κ1) is 24.5. The van der Waals surface area contributed by atoms with Gasteiger partial charge in [0.1, 0.15) is 5.82 Å². The Hall–Kier alpha value is -2.53. The summed E-state index contributed by atoms with van der Waals surface area (Å²) in [6.45, 7) is 7.97. The fourth-order valence-corrected chi connectivity index (χ4v) is 3.76. The summed E-state index contributed by atoms with van der Waals surface area (Å²) in [6, 6.07) is 1.96. The predicted molar refractivity (Wildman–Crippen MR) is 103 cm³/mol. The van der Waals surface area contributed by atoms with Gasteiger partial charge in [0.25, 0.3) is 5.91 Å². The van der Waals surface area contributed by atoms with E-state index in [1.165, 1.54) is 0 Å². The third-order valence-electron chi connectivity index (χ3n) is 3.58. The number of hydrogen-bond acceptors (Lipinski definition) is 6. The molecule has 0 aliphatic heterocycles. The van der Waals surface area contributed by atoms with Gasteiger partial charge in [-0.15, -0.1) is 0 Å². The van der Waals surface area contributed by atoms with Gasteiger partial charge in [-0.2, -0.15) is 4.31 Å². The molecule has 1 aromatic carbocycles. The van der Waals surface area contributed by atoms with Gasteiger partial charge in [-0.3, -0.25) is 10.1 Å². The maximum absolute atomic E-state index is 14.0. The summed E-state index contributed by atoms with van der Waals surface area (Å²) in [4.78, 5) is 35.2. The summed E-state index contributed by atoms with van der Waals surface area (Å²) >= 11 is 0. The third kappa shape index (κ3) is 7.09. The SMILES string of the molecule is CCN(CC)S(=O)(=O)c1ccc(F)c(C(=O)OCC(=O)NC(=O)NC(C)(C)C)c1. The van der Waals surface area contributed by atoms with Gasteiger partial charge >= 0.3 is 12.0 Å². The van der Waals surface area contributed by atoms with Crippen LogP contribution in [0.1, 0.15) is 45.0 Å². The Morgan fingerprint density at radius 1 is 1.14 bits per heavy atom. The van der Waals surface area contributed by atoms with Crippen LogP contribution >= 0.6 is 0 Å². The smallest absolute Gasteiger partial charge is 0.341 e. The van der Waals surface area contributed by atoms with E-state index in [1.54, 1.807) is 34.6 Å². The third-order valence-corrected chi connectivity index (χ3v) is 5.62. The van der Waals surface area contributed by atoms with Crippen LogP contribution in [0.25, 0.3) is 0 Å². The van der Waals surface area contributed by atoms with Crippen LogP contribution in [0.4, 0.5) is 9.18 Å². The molecule has 0 radical (unpaired) electrons. The number of hydrogen-bond donors (Lipinski definition) is 2. The number of esters is 1. The lowest BCUT2D eigenvalue weighted by molar-refractivity contribution is -0.123. The maximum Gasteiger partial charge on any atom is 0.341 e. The number of benzene rings is 1. The standard InChI is InChI=1S/C18H26FN3O6S/c1-6-22(7-2)29(26,27)12-8-9-14(19)13(10-12)16(24)28-11-15(23)20-17(25)21-18(3,4)5/h8-10H,6-7,11H2,1-5H3,(H2,20,21,23,25). The zero-order valence-electron chi connectivity index (χ0n) is 17.0. The Morgan fingerprint density at radius 3 is 2.24 bits per heavy atom. The lowest BCUT2D eigenvalue weighted by Gasteiger charge is -2.20. The molecule has 3 amide bonds. The summed E-state index contributed by atoms with van der Waals surface area (Å²) in [6.07, 6.45) is 0. The minimum atomic E-state index is -3.91. The molecule has 1 aromatic rings. The number of nitrogens with one attached hydrogen (secondary N) is 2. The van der Waals surface area contributed by atoms with Crippen LogP contribution in [0.3, 0.4) is 0 Å². The van der Waals surface area contributed by atoms with Crippen molar-refractivity contribution in [2.24, 2.45) is 0 Å². The lowest BCUT2D eigenvalue weighted by Crippen LogP contribution is -2.49. The summed E-state index contributed by atoms with van der Waals surface area (Å²) in [5.41, 5.74) is -1.22. The van der Waals surface area contributed by atoms with Crippen molar-refractivity contribution in [1.29, 1.82) is 0 Å². The second-order valence-electron chi connectivity index (χ2n) is 7.06. The molecule has 0 fully saturated rings. The molecule has 0 unspecified atom stereocenters. The largest absolute Gasteiger partial charge is 0.452 e. The molecule has 9 nitrogen and oxygen atoms in total. The molecule has 29 heavy (non-hydrogen) atoms. The number of halogens is 1. The van der Waals surface area contributed by atoms with Gasteiger partial charge in [-0.05, 0) is 39.0 Å². The number of nitrogens with zero attached hydrogens (tertiary/aromatic N) is 1. The zero-order valence-corrected chi connectivity index (χ0v) is 17.9. The van der Waals surface area contributed by atoms with Crippen LogP contribution < -0.4 is 10.6 Å². The van der Waals surface area contributed by atoms with Crippen molar-refractivity contribution in [2.45, 2.75) is 45.1 Å². The molecule has 0 saturated heterocycles. The summed E-state index contributed by atoms with van der Waals surface area (Å²) in [5, 5.41) is 4.44. The van der Waals surface area contributed by atoms with Crippen molar-refractivity contribution in [3.8, 4) is 0 Å². The second-order valence-corrected chi connectivity index (χ2v) is 9.00. The van der Waals surface area contributed by atoms with E-state index in [2.05, 4.69) is 5.32 Å². The van der Waals surface area contributed by atoms with Gasteiger partial charge in [-0.1, -0.05) is 13.8 Å². The topological polar surface area (TPSA) is 122 Å². The number of carbonyl (C=O) groups excluding carboxylic acids is 3. The number of ether oxygens (including phenoxy) is 1. The van der Waals surface area contributed by atoms with Crippen LogP contribution in [-0.4, -0.2) is 55.9 Å². The lowest BCUT2D eigenvalue weighted by atomic mass is 10.1. The first-order valence-electron chi connectivity index (χ1n) is 8.90. The quantitative estimate of drug-likeness (QED) is 0.633. The van der Waals surface area contributed by atoms with E-state index in [0.717, 1.165) is 22.5 Å². The Labute approximate surface area is 169 Å². The van der Waals surface area contributed by atoms with E-state index in [-0.39, 0.29) is 18.0 Å². The number of urea groups is 1. The van der Waals surface area contributed by atoms with Crippen LogP contribution in [0.15, 0.2) is 23.1 Å². The van der Waals surface area contributed by atoms with Crippen molar-refractivity contribution in [2.75, 3.05) is 19.7 Å². The highest BCUT2D eigenvalue weighted by molar-refractivity contribution is 7.89. The summed E-state index contributed by atoms with van der Waals surface area (Å²) < 4.78 is 44.9. The second kappa shape index (κ2) is 9.79. The summed E-state index contributed by atoms with van der Waals surface area (Å²) in [5.74, 6) is -3.16. The molecule has 11 heteroatoms. The number of carbonyl (C=O) groups is 3. The molecule has 1 rings (SSSR count). The molecule has 0 bridgehead atoms. The van der Waals surface area contributed by atoms with Crippen molar-refractivity contribution in [3.63, 3.8) is 0 Å². The molecule has 0 spiro atoms. The molecule has 0 heterocycles. The van der Waals surface area contributed by atoms with E-state index >= 15 is 0 Å². The Morgan fingerprint density at radius 2 is 1.72 bits per heavy atom. The molecular weight excluding hydrogens is 405 g/mol. The fourth-order valence-electron chi connectivity index (χ4n) is 2.28.